The largest absolute Gasteiger partial charge is 0.313 e. The summed E-state index contributed by atoms with van der Waals surface area (Å²) in [6.45, 7) is 2.06. The number of hydrogen-bond acceptors (Lipinski definition) is 2. The van der Waals surface area contributed by atoms with E-state index in [9.17, 15) is 4.39 Å². The first kappa shape index (κ1) is 14.4. The van der Waals surface area contributed by atoms with Gasteiger partial charge in [0.2, 0.25) is 0 Å². The quantitative estimate of drug-likeness (QED) is 0.860. The van der Waals surface area contributed by atoms with Crippen molar-refractivity contribution in [3.63, 3.8) is 0 Å². The van der Waals surface area contributed by atoms with E-state index in [2.05, 4.69) is 12.2 Å². The van der Waals surface area contributed by atoms with E-state index >= 15 is 0 Å². The highest BCUT2D eigenvalue weighted by atomic mass is 35.5. The van der Waals surface area contributed by atoms with Gasteiger partial charge in [-0.05, 0) is 49.9 Å². The minimum absolute atomic E-state index is 0.209. The molecule has 0 aromatic heterocycles. The molecule has 1 nitrogen and oxygen atoms in total. The summed E-state index contributed by atoms with van der Waals surface area (Å²) in [5.41, 5.74) is 1.06. The van der Waals surface area contributed by atoms with E-state index in [1.165, 1.54) is 23.9 Å². The van der Waals surface area contributed by atoms with Crippen molar-refractivity contribution >= 4 is 23.4 Å². The maximum atomic E-state index is 13.1. The van der Waals surface area contributed by atoms with Crippen molar-refractivity contribution in [2.45, 2.75) is 22.8 Å². The van der Waals surface area contributed by atoms with Crippen LogP contribution < -0.4 is 5.32 Å². The van der Waals surface area contributed by atoms with E-state index < -0.39 is 0 Å². The summed E-state index contributed by atoms with van der Waals surface area (Å²) in [4.78, 5) is 1.87. The van der Waals surface area contributed by atoms with Crippen LogP contribution >= 0.6 is 23.4 Å². The van der Waals surface area contributed by atoms with Gasteiger partial charge in [0.1, 0.15) is 5.82 Å². The number of halogens is 2. The molecule has 2 rings (SSSR count). The van der Waals surface area contributed by atoms with Crippen LogP contribution in [0.5, 0.6) is 0 Å². The number of nitrogens with one attached hydrogen (secondary N) is 1. The van der Waals surface area contributed by atoms with Crippen LogP contribution in [0.1, 0.15) is 18.5 Å². The van der Waals surface area contributed by atoms with Crippen LogP contribution in [-0.4, -0.2) is 7.05 Å². The predicted molar refractivity (Wildman–Crippen MR) is 79.4 cm³/mol. The van der Waals surface area contributed by atoms with E-state index in [4.69, 9.17) is 11.6 Å². The summed E-state index contributed by atoms with van der Waals surface area (Å²) in [6, 6.07) is 12.7. The first-order valence-electron chi connectivity index (χ1n) is 6.00. The van der Waals surface area contributed by atoms with Gasteiger partial charge in [-0.1, -0.05) is 35.5 Å². The lowest BCUT2D eigenvalue weighted by Gasteiger charge is -2.13. The van der Waals surface area contributed by atoms with Gasteiger partial charge in [-0.3, -0.25) is 0 Å². The van der Waals surface area contributed by atoms with Gasteiger partial charge in [-0.15, -0.1) is 0 Å². The zero-order chi connectivity index (χ0) is 13.8. The van der Waals surface area contributed by atoms with Crippen molar-refractivity contribution in [3.8, 4) is 0 Å². The second kappa shape index (κ2) is 6.42. The van der Waals surface area contributed by atoms with Crippen LogP contribution in [0.15, 0.2) is 52.3 Å². The molecular formula is C15H15ClFNS. The molecule has 0 aliphatic heterocycles. The van der Waals surface area contributed by atoms with E-state index in [0.29, 0.717) is 0 Å². The molecule has 0 spiro atoms. The van der Waals surface area contributed by atoms with Gasteiger partial charge in [0.05, 0.1) is 0 Å². The number of hydrogen-bond donors (Lipinski definition) is 1. The third kappa shape index (κ3) is 3.72. The van der Waals surface area contributed by atoms with Gasteiger partial charge in [-0.25, -0.2) is 4.39 Å². The zero-order valence-corrected chi connectivity index (χ0v) is 12.4. The summed E-state index contributed by atoms with van der Waals surface area (Å²) in [5, 5.41) is 3.88. The summed E-state index contributed by atoms with van der Waals surface area (Å²) >= 11 is 7.77. The van der Waals surface area contributed by atoms with E-state index in [1.54, 1.807) is 6.07 Å². The van der Waals surface area contributed by atoms with Crippen LogP contribution in [0.25, 0.3) is 0 Å². The Labute approximate surface area is 122 Å². The third-order valence-electron chi connectivity index (χ3n) is 2.90. The maximum absolute atomic E-state index is 13.1. The normalized spacial score (nSPS) is 12.4. The topological polar surface area (TPSA) is 12.0 Å². The average molecular weight is 296 g/mol. The maximum Gasteiger partial charge on any atom is 0.124 e. The molecule has 2 aromatic rings. The average Bonchev–Trinajstić information content (AvgIpc) is 2.38. The molecule has 0 heterocycles. The van der Waals surface area contributed by atoms with Crippen molar-refractivity contribution in [3.05, 3.63) is 58.9 Å². The Bertz CT molecular complexity index is 574. The standard InChI is InChI=1S/C15H15ClFNS/c1-10(18-2)14-7-6-13(9-15(14)16)19-12-5-3-4-11(17)8-12/h3-10,18H,1-2H3. The molecule has 0 saturated carbocycles. The predicted octanol–water partition coefficient (Wildman–Crippen LogP) is 4.91. The molecule has 0 amide bonds. The monoisotopic (exact) mass is 295 g/mol. The fraction of sp³-hybridized carbons (Fsp3) is 0.200. The lowest BCUT2D eigenvalue weighted by molar-refractivity contribution is 0.624. The summed E-state index contributed by atoms with van der Waals surface area (Å²) < 4.78 is 13.1. The van der Waals surface area contributed by atoms with Crippen LogP contribution in [0.2, 0.25) is 5.02 Å². The molecular weight excluding hydrogens is 281 g/mol. The van der Waals surface area contributed by atoms with Gasteiger partial charge in [0.15, 0.2) is 0 Å². The molecule has 1 N–H and O–H groups in total. The highest BCUT2D eigenvalue weighted by Gasteiger charge is 2.08. The highest BCUT2D eigenvalue weighted by Crippen LogP contribution is 2.32. The fourth-order valence-electron chi connectivity index (χ4n) is 1.74. The molecule has 19 heavy (non-hydrogen) atoms. The van der Waals surface area contributed by atoms with Crippen molar-refractivity contribution < 1.29 is 4.39 Å². The van der Waals surface area contributed by atoms with Gasteiger partial charge < -0.3 is 5.32 Å². The van der Waals surface area contributed by atoms with Gasteiger partial charge in [0, 0.05) is 20.9 Å². The molecule has 0 aliphatic carbocycles. The number of benzene rings is 2. The Morgan fingerprint density at radius 3 is 2.53 bits per heavy atom. The van der Waals surface area contributed by atoms with Crippen LogP contribution in [0, 0.1) is 5.82 Å². The summed E-state index contributed by atoms with van der Waals surface area (Å²) in [6.07, 6.45) is 0. The van der Waals surface area contributed by atoms with Crippen LogP contribution in [-0.2, 0) is 0 Å². The first-order valence-corrected chi connectivity index (χ1v) is 7.19. The van der Waals surface area contributed by atoms with Crippen molar-refractivity contribution in [1.29, 1.82) is 0 Å². The molecule has 4 heteroatoms. The number of rotatable bonds is 4. The second-order valence-corrected chi connectivity index (χ2v) is 5.81. The van der Waals surface area contributed by atoms with Crippen molar-refractivity contribution in [2.24, 2.45) is 0 Å². The zero-order valence-electron chi connectivity index (χ0n) is 10.8. The summed E-state index contributed by atoms with van der Waals surface area (Å²) in [5.74, 6) is -0.225. The molecule has 0 fully saturated rings. The van der Waals surface area contributed by atoms with E-state index in [1.807, 2.05) is 31.3 Å². The van der Waals surface area contributed by atoms with Crippen molar-refractivity contribution in [2.75, 3.05) is 7.05 Å². The van der Waals surface area contributed by atoms with Gasteiger partial charge in [-0.2, -0.15) is 0 Å². The van der Waals surface area contributed by atoms with Crippen molar-refractivity contribution in [1.82, 2.24) is 5.32 Å². The molecule has 0 saturated heterocycles. The minimum Gasteiger partial charge on any atom is -0.313 e. The molecule has 2 aromatic carbocycles. The Morgan fingerprint density at radius 2 is 1.89 bits per heavy atom. The second-order valence-electron chi connectivity index (χ2n) is 4.25. The Hall–Kier alpha value is -1.03. The molecule has 0 aliphatic rings. The molecule has 0 bridgehead atoms. The highest BCUT2D eigenvalue weighted by molar-refractivity contribution is 7.99. The lowest BCUT2D eigenvalue weighted by atomic mass is 10.1. The molecule has 0 radical (unpaired) electrons. The van der Waals surface area contributed by atoms with E-state index in [0.717, 1.165) is 20.4 Å². The van der Waals surface area contributed by atoms with E-state index in [-0.39, 0.29) is 11.9 Å². The van der Waals surface area contributed by atoms with Crippen LogP contribution in [0.4, 0.5) is 4.39 Å². The smallest absolute Gasteiger partial charge is 0.124 e. The first-order chi connectivity index (χ1) is 9.10. The lowest BCUT2D eigenvalue weighted by Crippen LogP contribution is -2.12. The minimum atomic E-state index is -0.225. The Balaban J connectivity index is 2.21. The molecule has 100 valence electrons. The summed E-state index contributed by atoms with van der Waals surface area (Å²) in [7, 11) is 1.90. The van der Waals surface area contributed by atoms with Crippen LogP contribution in [0.3, 0.4) is 0 Å². The van der Waals surface area contributed by atoms with Gasteiger partial charge in [0.25, 0.3) is 0 Å². The van der Waals surface area contributed by atoms with Gasteiger partial charge >= 0.3 is 0 Å². The molecule has 1 atom stereocenters. The molecule has 1 unspecified atom stereocenters. The Kier molecular flexibility index (Phi) is 4.86. The fourth-order valence-corrected chi connectivity index (χ4v) is 3.06. The Morgan fingerprint density at radius 1 is 1.16 bits per heavy atom. The SMILES string of the molecule is CNC(C)c1ccc(Sc2cccc(F)c2)cc1Cl. The third-order valence-corrected chi connectivity index (χ3v) is 4.21.